The summed E-state index contributed by atoms with van der Waals surface area (Å²) in [6.45, 7) is 8.74. The van der Waals surface area contributed by atoms with E-state index in [2.05, 4.69) is 25.8 Å². The predicted octanol–water partition coefficient (Wildman–Crippen LogP) is 3.43. The number of hydrogen-bond donors (Lipinski definition) is 1. The molecular weight excluding hydrogens is 202 g/mol. The third-order valence-electron chi connectivity index (χ3n) is 3.58. The summed E-state index contributed by atoms with van der Waals surface area (Å²) in [4.78, 5) is 3.80. The molecule has 3 heteroatoms. The molecule has 1 N–H and O–H groups in total. The quantitative estimate of drug-likeness (QED) is 0.705. The van der Waals surface area contributed by atoms with Gasteiger partial charge in [0.05, 0.1) is 0 Å². The molecule has 2 nitrogen and oxygen atoms in total. The van der Waals surface area contributed by atoms with E-state index in [4.69, 9.17) is 4.43 Å². The molecular formula is C12H27NOSi. The van der Waals surface area contributed by atoms with Crippen molar-refractivity contribution in [2.24, 2.45) is 0 Å². The van der Waals surface area contributed by atoms with Gasteiger partial charge >= 0.3 is 0 Å². The molecule has 2 unspecified atom stereocenters. The molecule has 0 aromatic carbocycles. The van der Waals surface area contributed by atoms with Crippen molar-refractivity contribution in [2.75, 3.05) is 13.2 Å². The van der Waals surface area contributed by atoms with E-state index in [0.717, 1.165) is 18.7 Å². The Kier molecular flexibility index (Phi) is 5.86. The van der Waals surface area contributed by atoms with Crippen LogP contribution < -0.4 is 4.98 Å². The highest BCUT2D eigenvalue weighted by molar-refractivity contribution is 6.73. The standard InChI is InChI=1S/C12H27NOSi/c1-4-10-13-15(14-6-3)11-8-7-9-12(15)5-2/h12-13H,4-11H2,1-3H3. The summed E-state index contributed by atoms with van der Waals surface area (Å²) >= 11 is 0. The second kappa shape index (κ2) is 6.66. The normalized spacial score (nSPS) is 31.8. The Morgan fingerprint density at radius 2 is 2.07 bits per heavy atom. The first-order valence-electron chi connectivity index (χ1n) is 6.68. The molecule has 0 aliphatic carbocycles. The lowest BCUT2D eigenvalue weighted by atomic mass is 10.1. The Bertz CT molecular complexity index is 173. The molecule has 1 saturated heterocycles. The van der Waals surface area contributed by atoms with Crippen molar-refractivity contribution in [3.63, 3.8) is 0 Å². The van der Waals surface area contributed by atoms with E-state index in [1.165, 1.54) is 38.1 Å². The Hall–Kier alpha value is 0.137. The van der Waals surface area contributed by atoms with Crippen molar-refractivity contribution >= 4 is 8.48 Å². The summed E-state index contributed by atoms with van der Waals surface area (Å²) in [5.41, 5.74) is 0.845. The van der Waals surface area contributed by atoms with E-state index in [0.29, 0.717) is 0 Å². The van der Waals surface area contributed by atoms with Gasteiger partial charge in [0.25, 0.3) is 8.48 Å². The molecule has 1 heterocycles. The van der Waals surface area contributed by atoms with Crippen molar-refractivity contribution in [1.29, 1.82) is 0 Å². The first-order chi connectivity index (χ1) is 7.29. The molecule has 1 rings (SSSR count). The van der Waals surface area contributed by atoms with Gasteiger partial charge in [0.1, 0.15) is 0 Å². The molecule has 1 fully saturated rings. The van der Waals surface area contributed by atoms with Gasteiger partial charge < -0.3 is 9.41 Å². The maximum atomic E-state index is 6.20. The van der Waals surface area contributed by atoms with Crippen LogP contribution in [-0.2, 0) is 4.43 Å². The molecule has 0 amide bonds. The van der Waals surface area contributed by atoms with Crippen LogP contribution in [-0.4, -0.2) is 21.6 Å². The van der Waals surface area contributed by atoms with Gasteiger partial charge in [-0.1, -0.05) is 33.1 Å². The highest BCUT2D eigenvalue weighted by atomic mass is 28.4. The zero-order valence-electron chi connectivity index (χ0n) is 10.6. The second-order valence-corrected chi connectivity index (χ2v) is 8.34. The molecule has 0 radical (unpaired) electrons. The number of rotatable bonds is 6. The van der Waals surface area contributed by atoms with Crippen molar-refractivity contribution in [1.82, 2.24) is 4.98 Å². The smallest absolute Gasteiger partial charge is 0.271 e. The van der Waals surface area contributed by atoms with Crippen LogP contribution in [0.3, 0.4) is 0 Å². The van der Waals surface area contributed by atoms with Gasteiger partial charge in [-0.25, -0.2) is 0 Å². The van der Waals surface area contributed by atoms with Crippen LogP contribution in [0.2, 0.25) is 11.6 Å². The highest BCUT2D eigenvalue weighted by Gasteiger charge is 2.43. The summed E-state index contributed by atoms with van der Waals surface area (Å²) in [6.07, 6.45) is 6.69. The number of nitrogens with one attached hydrogen (secondary N) is 1. The van der Waals surface area contributed by atoms with Gasteiger partial charge in [-0.15, -0.1) is 0 Å². The largest absolute Gasteiger partial charge is 0.403 e. The second-order valence-electron chi connectivity index (χ2n) is 4.60. The van der Waals surface area contributed by atoms with Gasteiger partial charge in [-0.05, 0) is 37.9 Å². The van der Waals surface area contributed by atoms with Crippen LogP contribution in [0.4, 0.5) is 0 Å². The van der Waals surface area contributed by atoms with Gasteiger partial charge in [0.2, 0.25) is 0 Å². The van der Waals surface area contributed by atoms with Crippen molar-refractivity contribution in [3.8, 4) is 0 Å². The molecule has 1 aliphatic rings. The van der Waals surface area contributed by atoms with Crippen LogP contribution >= 0.6 is 0 Å². The molecule has 15 heavy (non-hydrogen) atoms. The lowest BCUT2D eigenvalue weighted by molar-refractivity contribution is 0.282. The van der Waals surface area contributed by atoms with Gasteiger partial charge in [-0.2, -0.15) is 0 Å². The van der Waals surface area contributed by atoms with Crippen LogP contribution in [0, 0.1) is 0 Å². The molecule has 0 spiro atoms. The zero-order chi connectivity index (χ0) is 11.1. The van der Waals surface area contributed by atoms with E-state index in [-0.39, 0.29) is 0 Å². The van der Waals surface area contributed by atoms with E-state index in [1.54, 1.807) is 0 Å². The fourth-order valence-corrected chi connectivity index (χ4v) is 7.47. The lowest BCUT2D eigenvalue weighted by Crippen LogP contribution is -2.58. The third kappa shape index (κ3) is 3.30. The first-order valence-corrected chi connectivity index (χ1v) is 8.87. The van der Waals surface area contributed by atoms with Crippen molar-refractivity contribution in [3.05, 3.63) is 0 Å². The summed E-state index contributed by atoms with van der Waals surface area (Å²) in [6, 6.07) is 1.33. The van der Waals surface area contributed by atoms with Crippen LogP contribution in [0.15, 0.2) is 0 Å². The Labute approximate surface area is 96.0 Å². The van der Waals surface area contributed by atoms with E-state index in [9.17, 15) is 0 Å². The fraction of sp³-hybridized carbons (Fsp3) is 1.00. The number of hydrogen-bond acceptors (Lipinski definition) is 2. The first kappa shape index (κ1) is 13.2. The van der Waals surface area contributed by atoms with Crippen LogP contribution in [0.25, 0.3) is 0 Å². The molecule has 0 aromatic heterocycles. The van der Waals surface area contributed by atoms with Gasteiger partial charge in [-0.3, -0.25) is 0 Å². The molecule has 90 valence electrons. The van der Waals surface area contributed by atoms with Crippen molar-refractivity contribution < 1.29 is 4.43 Å². The summed E-state index contributed by atoms with van der Waals surface area (Å²) in [5.74, 6) is 0. The van der Waals surface area contributed by atoms with E-state index in [1.807, 2.05) is 0 Å². The van der Waals surface area contributed by atoms with Gasteiger partial charge in [0, 0.05) is 6.61 Å². The Morgan fingerprint density at radius 3 is 2.67 bits per heavy atom. The summed E-state index contributed by atoms with van der Waals surface area (Å²) in [7, 11) is -1.58. The molecule has 0 aromatic rings. The van der Waals surface area contributed by atoms with Crippen LogP contribution in [0.5, 0.6) is 0 Å². The zero-order valence-corrected chi connectivity index (χ0v) is 11.6. The third-order valence-corrected chi connectivity index (χ3v) is 8.34. The van der Waals surface area contributed by atoms with Crippen LogP contribution in [0.1, 0.15) is 52.9 Å². The minimum absolute atomic E-state index is 0.845. The summed E-state index contributed by atoms with van der Waals surface area (Å²) in [5, 5.41) is 0. The lowest BCUT2D eigenvalue weighted by Gasteiger charge is -2.41. The molecule has 2 atom stereocenters. The van der Waals surface area contributed by atoms with Crippen molar-refractivity contribution in [2.45, 2.75) is 64.5 Å². The average Bonchev–Trinajstić information content (AvgIpc) is 2.27. The molecule has 0 saturated carbocycles. The monoisotopic (exact) mass is 229 g/mol. The van der Waals surface area contributed by atoms with E-state index < -0.39 is 8.48 Å². The fourth-order valence-electron chi connectivity index (χ4n) is 2.82. The SMILES string of the molecule is CCCN[Si]1(OCC)CCCCC1CC. The predicted molar refractivity (Wildman–Crippen MR) is 68.4 cm³/mol. The molecule has 1 aliphatic heterocycles. The summed E-state index contributed by atoms with van der Waals surface area (Å²) < 4.78 is 6.20. The molecule has 0 bridgehead atoms. The maximum absolute atomic E-state index is 6.20. The van der Waals surface area contributed by atoms with Gasteiger partial charge in [0.15, 0.2) is 0 Å². The topological polar surface area (TPSA) is 21.3 Å². The Morgan fingerprint density at radius 1 is 1.27 bits per heavy atom. The maximum Gasteiger partial charge on any atom is 0.271 e. The average molecular weight is 229 g/mol. The Balaban J connectivity index is 2.64. The minimum Gasteiger partial charge on any atom is -0.403 e. The highest BCUT2D eigenvalue weighted by Crippen LogP contribution is 2.38. The van der Waals surface area contributed by atoms with E-state index >= 15 is 0 Å². The minimum atomic E-state index is -1.58.